The van der Waals surface area contributed by atoms with Gasteiger partial charge in [0.25, 0.3) is 0 Å². The molecule has 0 heterocycles. The van der Waals surface area contributed by atoms with Crippen LogP contribution in [0, 0.1) is 16.7 Å². The first-order valence-corrected chi connectivity index (χ1v) is 8.05. The van der Waals surface area contributed by atoms with E-state index in [-0.39, 0.29) is 0 Å². The summed E-state index contributed by atoms with van der Waals surface area (Å²) in [4.78, 5) is 0. The highest BCUT2D eigenvalue weighted by Gasteiger charge is 2.56. The summed E-state index contributed by atoms with van der Waals surface area (Å²) in [6.07, 6.45) is 5.29. The maximum Gasteiger partial charge on any atom is -0.00745 e. The third kappa shape index (κ3) is 2.59. The van der Waals surface area contributed by atoms with Crippen LogP contribution in [-0.4, -0.2) is 0 Å². The summed E-state index contributed by atoms with van der Waals surface area (Å²) in [6, 6.07) is 11.3. The zero-order chi connectivity index (χ0) is 14.1. The van der Waals surface area contributed by atoms with Crippen molar-refractivity contribution in [3.8, 4) is 0 Å². The maximum atomic E-state index is 2.50. The molecule has 2 rings (SSSR count). The highest BCUT2D eigenvalue weighted by Crippen LogP contribution is 2.65. The van der Waals surface area contributed by atoms with Crippen molar-refractivity contribution in [1.82, 2.24) is 0 Å². The van der Waals surface area contributed by atoms with Gasteiger partial charge in [-0.05, 0) is 34.7 Å². The summed E-state index contributed by atoms with van der Waals surface area (Å²) >= 11 is 0. The quantitative estimate of drug-likeness (QED) is 0.584. The Morgan fingerprint density at radius 1 is 1.16 bits per heavy atom. The van der Waals surface area contributed by atoms with Crippen molar-refractivity contribution in [1.29, 1.82) is 0 Å². The van der Waals surface area contributed by atoms with Gasteiger partial charge in [-0.25, -0.2) is 0 Å². The van der Waals surface area contributed by atoms with Gasteiger partial charge in [0, 0.05) is 0 Å². The molecule has 0 heteroatoms. The molecule has 1 saturated carbocycles. The average Bonchev–Trinajstić information content (AvgIpc) is 3.12. The van der Waals surface area contributed by atoms with Crippen LogP contribution in [0.5, 0.6) is 0 Å². The van der Waals surface area contributed by atoms with Gasteiger partial charge in [0.05, 0.1) is 0 Å². The predicted octanol–water partition coefficient (Wildman–Crippen LogP) is 6.03. The molecule has 1 aliphatic rings. The smallest absolute Gasteiger partial charge is 0.00745 e. The van der Waals surface area contributed by atoms with Crippen molar-refractivity contribution < 1.29 is 0 Å². The average molecular weight is 258 g/mol. The zero-order valence-corrected chi connectivity index (χ0v) is 13.4. The van der Waals surface area contributed by atoms with E-state index in [0.717, 1.165) is 11.8 Å². The van der Waals surface area contributed by atoms with Crippen LogP contribution in [0.1, 0.15) is 71.8 Å². The van der Waals surface area contributed by atoms with E-state index >= 15 is 0 Å². The largest absolute Gasteiger partial charge is 0.0649 e. The number of benzene rings is 1. The van der Waals surface area contributed by atoms with Gasteiger partial charge >= 0.3 is 0 Å². The molecule has 0 saturated heterocycles. The molecule has 3 unspecified atom stereocenters. The Kier molecular flexibility index (Phi) is 4.08. The van der Waals surface area contributed by atoms with E-state index in [9.17, 15) is 0 Å². The molecule has 19 heavy (non-hydrogen) atoms. The van der Waals surface area contributed by atoms with Crippen molar-refractivity contribution in [3.05, 3.63) is 35.9 Å². The highest BCUT2D eigenvalue weighted by molar-refractivity contribution is 5.27. The molecule has 3 atom stereocenters. The molecule has 0 bridgehead atoms. The Bertz CT molecular complexity index is 401. The van der Waals surface area contributed by atoms with E-state index in [1.807, 2.05) is 0 Å². The molecule has 0 spiro atoms. The second-order valence-corrected chi connectivity index (χ2v) is 7.07. The van der Waals surface area contributed by atoms with Gasteiger partial charge in [0.2, 0.25) is 0 Å². The van der Waals surface area contributed by atoms with Gasteiger partial charge in [-0.2, -0.15) is 0 Å². The highest BCUT2D eigenvalue weighted by atomic mass is 14.6. The van der Waals surface area contributed by atoms with Crippen LogP contribution in [0.25, 0.3) is 0 Å². The Labute approximate surface area is 119 Å². The van der Waals surface area contributed by atoms with E-state index in [1.54, 1.807) is 5.56 Å². The lowest BCUT2D eigenvalue weighted by Gasteiger charge is -2.38. The molecule has 1 aromatic rings. The summed E-state index contributed by atoms with van der Waals surface area (Å²) < 4.78 is 0. The van der Waals surface area contributed by atoms with E-state index in [1.165, 1.54) is 25.7 Å². The fraction of sp³-hybridized carbons (Fsp3) is 0.684. The first-order valence-electron chi connectivity index (χ1n) is 8.05. The van der Waals surface area contributed by atoms with Gasteiger partial charge in [0.1, 0.15) is 0 Å². The van der Waals surface area contributed by atoms with Gasteiger partial charge < -0.3 is 0 Å². The van der Waals surface area contributed by atoms with Crippen LogP contribution in [-0.2, 0) is 0 Å². The van der Waals surface area contributed by atoms with Crippen molar-refractivity contribution in [3.63, 3.8) is 0 Å². The Morgan fingerprint density at radius 3 is 2.16 bits per heavy atom. The van der Waals surface area contributed by atoms with E-state index in [4.69, 9.17) is 0 Å². The number of hydrogen-bond donors (Lipinski definition) is 0. The van der Waals surface area contributed by atoms with Gasteiger partial charge in [0.15, 0.2) is 0 Å². The molecule has 0 nitrogen and oxygen atoms in total. The molecule has 1 fully saturated rings. The molecule has 0 aromatic heterocycles. The molecule has 0 amide bonds. The van der Waals surface area contributed by atoms with Gasteiger partial charge in [-0.3, -0.25) is 0 Å². The lowest BCUT2D eigenvalue weighted by molar-refractivity contribution is 0.192. The topological polar surface area (TPSA) is 0 Å². The van der Waals surface area contributed by atoms with Crippen LogP contribution in [0.3, 0.4) is 0 Å². The summed E-state index contributed by atoms with van der Waals surface area (Å²) in [5.74, 6) is 1.61. The van der Waals surface area contributed by atoms with Gasteiger partial charge in [-0.15, -0.1) is 0 Å². The Morgan fingerprint density at radius 2 is 1.74 bits per heavy atom. The van der Waals surface area contributed by atoms with Crippen LogP contribution < -0.4 is 0 Å². The fourth-order valence-corrected chi connectivity index (χ4v) is 3.84. The molecular weight excluding hydrogens is 228 g/mol. The van der Waals surface area contributed by atoms with Gasteiger partial charge in [-0.1, -0.05) is 84.2 Å². The number of rotatable bonds is 6. The van der Waals surface area contributed by atoms with Crippen LogP contribution in [0.4, 0.5) is 0 Å². The summed E-state index contributed by atoms with van der Waals surface area (Å²) in [5, 5.41) is 0. The van der Waals surface area contributed by atoms with Crippen LogP contribution >= 0.6 is 0 Å². The summed E-state index contributed by atoms with van der Waals surface area (Å²) in [6.45, 7) is 12.1. The van der Waals surface area contributed by atoms with Crippen molar-refractivity contribution >= 4 is 0 Å². The fourth-order valence-electron chi connectivity index (χ4n) is 3.84. The van der Waals surface area contributed by atoms with E-state index in [0.29, 0.717) is 10.8 Å². The third-order valence-electron chi connectivity index (χ3n) is 6.16. The van der Waals surface area contributed by atoms with Crippen molar-refractivity contribution in [2.45, 2.75) is 66.2 Å². The van der Waals surface area contributed by atoms with Crippen molar-refractivity contribution in [2.24, 2.45) is 16.7 Å². The van der Waals surface area contributed by atoms with E-state index in [2.05, 4.69) is 65.0 Å². The Balaban J connectivity index is 2.36. The molecule has 0 radical (unpaired) electrons. The molecule has 0 aliphatic heterocycles. The van der Waals surface area contributed by atoms with Crippen molar-refractivity contribution in [2.75, 3.05) is 0 Å². The zero-order valence-electron chi connectivity index (χ0n) is 13.4. The first-order chi connectivity index (χ1) is 9.00. The second-order valence-electron chi connectivity index (χ2n) is 7.07. The maximum absolute atomic E-state index is 2.50. The van der Waals surface area contributed by atoms with E-state index < -0.39 is 0 Å². The predicted molar refractivity (Wildman–Crippen MR) is 84.4 cm³/mol. The molecule has 106 valence electrons. The summed E-state index contributed by atoms with van der Waals surface area (Å²) in [7, 11) is 0. The first kappa shape index (κ1) is 14.6. The molecule has 1 aromatic carbocycles. The second kappa shape index (κ2) is 5.31. The monoisotopic (exact) mass is 258 g/mol. The SMILES string of the molecule is CCC1(C)CC1C(c1ccccc1)C(C)(CC)CC. The lowest BCUT2D eigenvalue weighted by Crippen LogP contribution is -2.27. The summed E-state index contributed by atoms with van der Waals surface area (Å²) in [5.41, 5.74) is 2.60. The Hall–Kier alpha value is -0.780. The number of hydrogen-bond acceptors (Lipinski definition) is 0. The standard InChI is InChI=1S/C19H30/c1-6-18(4,7-2)17(15-12-10-9-11-13-15)16-14-19(16,5)8-3/h9-13,16-17H,6-8,14H2,1-5H3. The molecule has 0 N–H and O–H groups in total. The molecular formula is C19H30. The minimum Gasteiger partial charge on any atom is -0.0649 e. The minimum atomic E-state index is 0.443. The van der Waals surface area contributed by atoms with Crippen LogP contribution in [0.15, 0.2) is 30.3 Å². The normalized spacial score (nSPS) is 28.2. The molecule has 1 aliphatic carbocycles. The van der Waals surface area contributed by atoms with Crippen LogP contribution in [0.2, 0.25) is 0 Å². The minimum absolute atomic E-state index is 0.443. The third-order valence-corrected chi connectivity index (χ3v) is 6.16. The lowest BCUT2D eigenvalue weighted by atomic mass is 9.66.